The molecule has 0 bridgehead atoms. The third-order valence-electron chi connectivity index (χ3n) is 6.68. The quantitative estimate of drug-likeness (QED) is 0.226. The van der Waals surface area contributed by atoms with Gasteiger partial charge in [0.2, 0.25) is 0 Å². The normalized spacial score (nSPS) is 15.6. The molecule has 0 unspecified atom stereocenters. The first kappa shape index (κ1) is 24.8. The standard InChI is InChI=1S/C33H26N2O3S/c1-2-38-33(37)30-31(36)29(39-32(30)34-25-14-4-3-5-15-25)19-24-21-35(28-18-9-8-17-27(24)28)20-23-13-10-12-22-11-6-7-16-26(22)23/h3-19,21,36H,2,20H2,1H3/b29-19-,34-32?. The first-order chi connectivity index (χ1) is 19.1. The number of ether oxygens (including phenoxy) is 1. The summed E-state index contributed by atoms with van der Waals surface area (Å²) in [6.07, 6.45) is 4.03. The van der Waals surface area contributed by atoms with Crippen molar-refractivity contribution in [3.8, 4) is 0 Å². The van der Waals surface area contributed by atoms with Crippen LogP contribution in [0, 0.1) is 0 Å². The topological polar surface area (TPSA) is 63.8 Å². The molecule has 1 N–H and O–H groups in total. The third kappa shape index (κ3) is 4.87. The van der Waals surface area contributed by atoms with Crippen LogP contribution in [0.25, 0.3) is 27.8 Å². The number of aliphatic imine (C=N–C) groups is 1. The van der Waals surface area contributed by atoms with Gasteiger partial charge >= 0.3 is 5.97 Å². The van der Waals surface area contributed by atoms with E-state index < -0.39 is 5.97 Å². The van der Waals surface area contributed by atoms with Crippen molar-refractivity contribution in [3.63, 3.8) is 0 Å². The van der Waals surface area contributed by atoms with Gasteiger partial charge in [-0.25, -0.2) is 9.79 Å². The van der Waals surface area contributed by atoms with Gasteiger partial charge in [0.1, 0.15) is 16.4 Å². The lowest BCUT2D eigenvalue weighted by atomic mass is 10.0. The van der Waals surface area contributed by atoms with Crippen molar-refractivity contribution in [2.45, 2.75) is 13.5 Å². The molecule has 0 radical (unpaired) electrons. The van der Waals surface area contributed by atoms with Crippen molar-refractivity contribution in [2.24, 2.45) is 4.99 Å². The Morgan fingerprint density at radius 1 is 0.923 bits per heavy atom. The van der Waals surface area contributed by atoms with E-state index in [0.29, 0.717) is 22.2 Å². The van der Waals surface area contributed by atoms with E-state index in [2.05, 4.69) is 70.4 Å². The molecule has 2 heterocycles. The number of carbonyl (C=O) groups excluding carboxylic acids is 1. The summed E-state index contributed by atoms with van der Waals surface area (Å²) in [7, 11) is 0. The highest BCUT2D eigenvalue weighted by molar-refractivity contribution is 8.18. The van der Waals surface area contributed by atoms with Crippen LogP contribution in [0.15, 0.2) is 124 Å². The first-order valence-electron chi connectivity index (χ1n) is 12.8. The number of aromatic nitrogens is 1. The van der Waals surface area contributed by atoms with Crippen LogP contribution in [-0.4, -0.2) is 27.3 Å². The van der Waals surface area contributed by atoms with Gasteiger partial charge < -0.3 is 14.4 Å². The van der Waals surface area contributed by atoms with Crippen LogP contribution in [0.4, 0.5) is 5.69 Å². The summed E-state index contributed by atoms with van der Waals surface area (Å²) in [5, 5.41) is 15.1. The number of rotatable bonds is 6. The summed E-state index contributed by atoms with van der Waals surface area (Å²) in [4.78, 5) is 18.0. The molecule has 0 fully saturated rings. The summed E-state index contributed by atoms with van der Waals surface area (Å²) < 4.78 is 7.49. The van der Waals surface area contributed by atoms with Crippen LogP contribution in [0.2, 0.25) is 0 Å². The van der Waals surface area contributed by atoms with Gasteiger partial charge in [-0.1, -0.05) is 90.6 Å². The van der Waals surface area contributed by atoms with Gasteiger partial charge in [0.15, 0.2) is 0 Å². The number of hydrogen-bond donors (Lipinski definition) is 1. The van der Waals surface area contributed by atoms with Gasteiger partial charge in [-0.05, 0) is 47.5 Å². The van der Waals surface area contributed by atoms with E-state index in [-0.39, 0.29) is 17.9 Å². The summed E-state index contributed by atoms with van der Waals surface area (Å²) in [6.45, 7) is 2.65. The number of thioether (sulfide) groups is 1. The molecule has 1 aliphatic rings. The second-order valence-electron chi connectivity index (χ2n) is 9.17. The molecule has 192 valence electrons. The Hall–Kier alpha value is -4.55. The van der Waals surface area contributed by atoms with E-state index in [9.17, 15) is 9.90 Å². The molecule has 4 aromatic carbocycles. The average Bonchev–Trinajstić information content (AvgIpc) is 3.46. The highest BCUT2D eigenvalue weighted by Gasteiger charge is 2.33. The Morgan fingerprint density at radius 2 is 1.64 bits per heavy atom. The highest BCUT2D eigenvalue weighted by atomic mass is 32.2. The Labute approximate surface area is 230 Å². The molecule has 1 aliphatic heterocycles. The number of para-hydroxylation sites is 2. The molecule has 5 nitrogen and oxygen atoms in total. The molecule has 39 heavy (non-hydrogen) atoms. The molecular weight excluding hydrogens is 504 g/mol. The number of nitrogens with zero attached hydrogens (tertiary/aromatic N) is 2. The predicted octanol–water partition coefficient (Wildman–Crippen LogP) is 8.04. The van der Waals surface area contributed by atoms with Crippen LogP contribution in [0.5, 0.6) is 0 Å². The van der Waals surface area contributed by atoms with Gasteiger partial charge in [-0.15, -0.1) is 0 Å². The Morgan fingerprint density at radius 3 is 2.46 bits per heavy atom. The van der Waals surface area contributed by atoms with E-state index >= 15 is 0 Å². The molecule has 1 aromatic heterocycles. The maximum Gasteiger partial charge on any atom is 0.344 e. The summed E-state index contributed by atoms with van der Waals surface area (Å²) in [6, 6.07) is 32.4. The second kappa shape index (κ2) is 10.7. The zero-order valence-electron chi connectivity index (χ0n) is 21.4. The molecule has 6 heteroatoms. The number of fused-ring (bicyclic) bond motifs is 2. The largest absolute Gasteiger partial charge is 0.506 e. The molecule has 0 spiro atoms. The van der Waals surface area contributed by atoms with Crippen LogP contribution in [0.1, 0.15) is 18.1 Å². The van der Waals surface area contributed by atoms with E-state index in [4.69, 9.17) is 4.74 Å². The fourth-order valence-electron chi connectivity index (χ4n) is 4.89. The lowest BCUT2D eigenvalue weighted by Crippen LogP contribution is -2.12. The van der Waals surface area contributed by atoms with E-state index in [1.165, 1.54) is 28.1 Å². The summed E-state index contributed by atoms with van der Waals surface area (Å²) in [5.41, 5.74) is 4.06. The van der Waals surface area contributed by atoms with Crippen molar-refractivity contribution in [1.29, 1.82) is 0 Å². The van der Waals surface area contributed by atoms with E-state index in [0.717, 1.165) is 16.5 Å². The number of esters is 1. The lowest BCUT2D eigenvalue weighted by molar-refractivity contribution is -0.138. The Kier molecular flexibility index (Phi) is 6.78. The number of carbonyl (C=O) groups is 1. The van der Waals surface area contributed by atoms with Gasteiger partial charge in [0, 0.05) is 29.2 Å². The molecule has 0 saturated heterocycles. The zero-order chi connectivity index (χ0) is 26.8. The van der Waals surface area contributed by atoms with Crippen molar-refractivity contribution < 1.29 is 14.6 Å². The van der Waals surface area contributed by atoms with Gasteiger partial charge in [0.05, 0.1) is 17.2 Å². The maximum absolute atomic E-state index is 12.8. The molecule has 0 amide bonds. The first-order valence-corrected chi connectivity index (χ1v) is 13.6. The molecular formula is C33H26N2O3S. The zero-order valence-corrected chi connectivity index (χ0v) is 22.2. The second-order valence-corrected chi connectivity index (χ2v) is 10.2. The van der Waals surface area contributed by atoms with Crippen molar-refractivity contribution in [2.75, 3.05) is 6.61 Å². The fourth-order valence-corrected chi connectivity index (χ4v) is 5.91. The van der Waals surface area contributed by atoms with Gasteiger partial charge in [-0.2, -0.15) is 0 Å². The van der Waals surface area contributed by atoms with Crippen LogP contribution in [-0.2, 0) is 16.1 Å². The monoisotopic (exact) mass is 530 g/mol. The minimum atomic E-state index is -0.584. The summed E-state index contributed by atoms with van der Waals surface area (Å²) >= 11 is 1.27. The van der Waals surface area contributed by atoms with E-state index in [1.807, 2.05) is 48.5 Å². The SMILES string of the molecule is CCOC(=O)C1=C(O)/C(=C/c2cn(Cc3cccc4ccccc34)c3ccccc23)SC1=Nc1ccccc1. The lowest BCUT2D eigenvalue weighted by Gasteiger charge is -2.09. The van der Waals surface area contributed by atoms with E-state index in [1.54, 1.807) is 6.92 Å². The van der Waals surface area contributed by atoms with Crippen molar-refractivity contribution in [1.82, 2.24) is 4.57 Å². The van der Waals surface area contributed by atoms with Crippen LogP contribution < -0.4 is 0 Å². The molecule has 6 rings (SSSR count). The molecule has 5 aromatic rings. The summed E-state index contributed by atoms with van der Waals surface area (Å²) in [5.74, 6) is -0.696. The molecule has 0 aliphatic carbocycles. The minimum absolute atomic E-state index is 0.0939. The Balaban J connectivity index is 1.43. The Bertz CT molecular complexity index is 1790. The number of benzene rings is 4. The van der Waals surface area contributed by atoms with Gasteiger partial charge in [-0.3, -0.25) is 0 Å². The van der Waals surface area contributed by atoms with Crippen molar-refractivity contribution in [3.05, 3.63) is 131 Å². The number of aliphatic hydroxyl groups is 1. The predicted molar refractivity (Wildman–Crippen MR) is 160 cm³/mol. The third-order valence-corrected chi connectivity index (χ3v) is 7.70. The fraction of sp³-hybridized carbons (Fsp3) is 0.0909. The molecule has 0 saturated carbocycles. The molecule has 0 atom stereocenters. The smallest absolute Gasteiger partial charge is 0.344 e. The number of hydrogen-bond acceptors (Lipinski definition) is 5. The average molecular weight is 531 g/mol. The highest BCUT2D eigenvalue weighted by Crippen LogP contribution is 2.41. The number of aliphatic hydroxyl groups excluding tert-OH is 1. The van der Waals surface area contributed by atoms with Crippen LogP contribution in [0.3, 0.4) is 0 Å². The van der Waals surface area contributed by atoms with Gasteiger partial charge in [0.25, 0.3) is 0 Å². The maximum atomic E-state index is 12.8. The van der Waals surface area contributed by atoms with Crippen molar-refractivity contribution >= 4 is 56.2 Å². The van der Waals surface area contributed by atoms with Crippen LogP contribution >= 0.6 is 11.8 Å². The minimum Gasteiger partial charge on any atom is -0.506 e.